The SMILES string of the molecule is CNc1ncnc2c1ccn2C(=S)NCCOCCOCCOCCN. The van der Waals surface area contributed by atoms with Gasteiger partial charge in [0.25, 0.3) is 0 Å². The molecule has 9 nitrogen and oxygen atoms in total. The Labute approximate surface area is 158 Å². The molecule has 26 heavy (non-hydrogen) atoms. The number of thiocarbonyl (C=S) groups is 1. The summed E-state index contributed by atoms with van der Waals surface area (Å²) in [6.07, 6.45) is 3.38. The van der Waals surface area contributed by atoms with Crippen molar-refractivity contribution in [3.8, 4) is 0 Å². The number of ether oxygens (including phenoxy) is 3. The van der Waals surface area contributed by atoms with Crippen molar-refractivity contribution in [2.75, 3.05) is 65.1 Å². The first-order valence-electron chi connectivity index (χ1n) is 8.49. The molecule has 10 heteroatoms. The van der Waals surface area contributed by atoms with Gasteiger partial charge in [-0.05, 0) is 18.3 Å². The van der Waals surface area contributed by atoms with Gasteiger partial charge in [0.1, 0.15) is 12.1 Å². The van der Waals surface area contributed by atoms with Gasteiger partial charge in [-0.3, -0.25) is 4.57 Å². The minimum atomic E-state index is 0.524. The number of fused-ring (bicyclic) bond motifs is 1. The quantitative estimate of drug-likeness (QED) is 0.350. The van der Waals surface area contributed by atoms with Gasteiger partial charge in [0, 0.05) is 26.3 Å². The lowest BCUT2D eigenvalue weighted by atomic mass is 10.4. The molecule has 0 bridgehead atoms. The Balaban J connectivity index is 1.61. The maximum absolute atomic E-state index is 5.50. The third-order valence-electron chi connectivity index (χ3n) is 3.47. The Morgan fingerprint density at radius 1 is 1.12 bits per heavy atom. The number of nitrogens with one attached hydrogen (secondary N) is 2. The number of nitrogens with two attached hydrogens (primary N) is 1. The number of rotatable bonds is 12. The molecule has 144 valence electrons. The van der Waals surface area contributed by atoms with E-state index in [0.717, 1.165) is 16.9 Å². The van der Waals surface area contributed by atoms with Gasteiger partial charge in [0.05, 0.1) is 45.0 Å². The summed E-state index contributed by atoms with van der Waals surface area (Å²) in [4.78, 5) is 8.48. The molecule has 2 aromatic heterocycles. The van der Waals surface area contributed by atoms with Crippen LogP contribution in [0.1, 0.15) is 0 Å². The summed E-state index contributed by atoms with van der Waals surface area (Å²) in [5.74, 6) is 0.772. The van der Waals surface area contributed by atoms with E-state index in [0.29, 0.717) is 57.8 Å². The molecule has 0 radical (unpaired) electrons. The number of nitrogens with zero attached hydrogens (tertiary/aromatic N) is 3. The minimum absolute atomic E-state index is 0.524. The summed E-state index contributed by atoms with van der Waals surface area (Å²) >= 11 is 5.42. The molecule has 0 aliphatic rings. The van der Waals surface area contributed by atoms with Gasteiger partial charge in [0.15, 0.2) is 10.8 Å². The van der Waals surface area contributed by atoms with Gasteiger partial charge in [-0.2, -0.15) is 0 Å². The smallest absolute Gasteiger partial charge is 0.178 e. The van der Waals surface area contributed by atoms with Gasteiger partial charge in [-0.1, -0.05) is 0 Å². The van der Waals surface area contributed by atoms with Crippen molar-refractivity contribution in [1.29, 1.82) is 0 Å². The molecule has 0 saturated carbocycles. The van der Waals surface area contributed by atoms with Crippen LogP contribution in [0.15, 0.2) is 18.6 Å². The molecule has 0 spiro atoms. The lowest BCUT2D eigenvalue weighted by Gasteiger charge is -2.10. The van der Waals surface area contributed by atoms with Crippen LogP contribution in [0.5, 0.6) is 0 Å². The predicted molar refractivity (Wildman–Crippen MR) is 105 cm³/mol. The molecule has 0 atom stereocenters. The lowest BCUT2D eigenvalue weighted by Crippen LogP contribution is -2.31. The van der Waals surface area contributed by atoms with Crippen LogP contribution in [-0.4, -0.2) is 79.4 Å². The first-order valence-corrected chi connectivity index (χ1v) is 8.90. The van der Waals surface area contributed by atoms with E-state index in [-0.39, 0.29) is 0 Å². The average Bonchev–Trinajstić information content (AvgIpc) is 3.10. The van der Waals surface area contributed by atoms with Gasteiger partial charge in [-0.25, -0.2) is 9.97 Å². The minimum Gasteiger partial charge on any atom is -0.378 e. The number of hydrogen-bond acceptors (Lipinski definition) is 8. The van der Waals surface area contributed by atoms with Crippen molar-refractivity contribution in [3.05, 3.63) is 18.6 Å². The summed E-state index contributed by atoms with van der Waals surface area (Å²) in [5, 5.41) is 7.68. The zero-order valence-electron chi connectivity index (χ0n) is 14.9. The van der Waals surface area contributed by atoms with Crippen LogP contribution in [0.3, 0.4) is 0 Å². The van der Waals surface area contributed by atoms with E-state index in [1.807, 2.05) is 23.9 Å². The molecule has 2 aromatic rings. The maximum Gasteiger partial charge on any atom is 0.178 e. The average molecular weight is 382 g/mol. The highest BCUT2D eigenvalue weighted by atomic mass is 32.1. The third-order valence-corrected chi connectivity index (χ3v) is 3.81. The molecule has 0 unspecified atom stereocenters. The fourth-order valence-electron chi connectivity index (χ4n) is 2.26. The van der Waals surface area contributed by atoms with E-state index < -0.39 is 0 Å². The maximum atomic E-state index is 5.50. The number of anilines is 1. The van der Waals surface area contributed by atoms with Crippen LogP contribution >= 0.6 is 12.2 Å². The molecule has 2 heterocycles. The highest BCUT2D eigenvalue weighted by Crippen LogP contribution is 2.19. The fourth-order valence-corrected chi connectivity index (χ4v) is 2.50. The van der Waals surface area contributed by atoms with Crippen molar-refractivity contribution >= 4 is 34.2 Å². The summed E-state index contributed by atoms with van der Waals surface area (Å²) in [6, 6.07) is 1.93. The van der Waals surface area contributed by atoms with E-state index in [2.05, 4.69) is 20.6 Å². The van der Waals surface area contributed by atoms with Crippen LogP contribution in [0, 0.1) is 0 Å². The van der Waals surface area contributed by atoms with E-state index in [4.69, 9.17) is 32.2 Å². The molecular formula is C16H26N6O3S. The van der Waals surface area contributed by atoms with Crippen LogP contribution in [-0.2, 0) is 14.2 Å². The second-order valence-electron chi connectivity index (χ2n) is 5.25. The van der Waals surface area contributed by atoms with E-state index in [1.54, 1.807) is 0 Å². The van der Waals surface area contributed by atoms with Crippen LogP contribution < -0.4 is 16.4 Å². The Morgan fingerprint density at radius 2 is 1.81 bits per heavy atom. The molecule has 0 fully saturated rings. The molecule has 4 N–H and O–H groups in total. The first-order chi connectivity index (χ1) is 12.8. The van der Waals surface area contributed by atoms with Crippen LogP contribution in [0.2, 0.25) is 0 Å². The monoisotopic (exact) mass is 382 g/mol. The van der Waals surface area contributed by atoms with Crippen LogP contribution in [0.25, 0.3) is 11.0 Å². The zero-order chi connectivity index (χ0) is 18.6. The zero-order valence-corrected chi connectivity index (χ0v) is 15.8. The lowest BCUT2D eigenvalue weighted by molar-refractivity contribution is 0.0170. The van der Waals surface area contributed by atoms with E-state index in [1.165, 1.54) is 6.33 Å². The summed E-state index contributed by atoms with van der Waals surface area (Å²) < 4.78 is 17.9. The molecule has 0 aliphatic carbocycles. The molecule has 0 aromatic carbocycles. The summed E-state index contributed by atoms with van der Waals surface area (Å²) in [7, 11) is 1.82. The van der Waals surface area contributed by atoms with E-state index in [9.17, 15) is 0 Å². The Kier molecular flexibility index (Phi) is 9.21. The second-order valence-corrected chi connectivity index (χ2v) is 5.64. The van der Waals surface area contributed by atoms with Gasteiger partial charge >= 0.3 is 0 Å². The topological polar surface area (TPSA) is 108 Å². The van der Waals surface area contributed by atoms with Crippen molar-refractivity contribution in [1.82, 2.24) is 19.9 Å². The van der Waals surface area contributed by atoms with Crippen molar-refractivity contribution in [2.24, 2.45) is 5.73 Å². The number of hydrogen-bond donors (Lipinski definition) is 3. The van der Waals surface area contributed by atoms with Gasteiger partial charge in [0.2, 0.25) is 0 Å². The summed E-state index contributed by atoms with van der Waals surface area (Å²) in [5.41, 5.74) is 6.08. The highest BCUT2D eigenvalue weighted by molar-refractivity contribution is 7.80. The third kappa shape index (κ3) is 6.15. The molecule has 0 aliphatic heterocycles. The van der Waals surface area contributed by atoms with Crippen molar-refractivity contribution in [2.45, 2.75) is 0 Å². The van der Waals surface area contributed by atoms with Crippen molar-refractivity contribution in [3.63, 3.8) is 0 Å². The van der Waals surface area contributed by atoms with Gasteiger partial charge < -0.3 is 30.6 Å². The van der Waals surface area contributed by atoms with Crippen LogP contribution in [0.4, 0.5) is 5.82 Å². The Hall–Kier alpha value is -1.85. The number of aromatic nitrogens is 3. The Morgan fingerprint density at radius 3 is 2.50 bits per heavy atom. The first kappa shape index (κ1) is 20.5. The predicted octanol–water partition coefficient (Wildman–Crippen LogP) is 0.204. The Bertz CT molecular complexity index is 681. The molecule has 0 saturated heterocycles. The van der Waals surface area contributed by atoms with Gasteiger partial charge in [-0.15, -0.1) is 0 Å². The van der Waals surface area contributed by atoms with E-state index >= 15 is 0 Å². The molecular weight excluding hydrogens is 356 g/mol. The molecule has 0 amide bonds. The van der Waals surface area contributed by atoms with Crippen molar-refractivity contribution < 1.29 is 14.2 Å². The second kappa shape index (κ2) is 11.7. The standard InChI is InChI=1S/C16H26N6O3S/c1-18-14-13-2-5-22(15(13)21-12-20-14)16(26)19-4-7-24-9-11-25-10-8-23-6-3-17/h2,5,12H,3-4,6-11,17H2,1H3,(H,19,26)(H,18,20,21). The molecule has 2 rings (SSSR count). The normalized spacial score (nSPS) is 11.0. The highest BCUT2D eigenvalue weighted by Gasteiger charge is 2.09. The fraction of sp³-hybridized carbons (Fsp3) is 0.562. The summed E-state index contributed by atoms with van der Waals surface area (Å²) in [6.45, 7) is 4.37. The largest absolute Gasteiger partial charge is 0.378 e.